The van der Waals surface area contributed by atoms with E-state index in [-0.39, 0.29) is 23.0 Å². The molecule has 1 aromatic carbocycles. The number of Topliss-reactive ketones (excluding diaryl/α,β-unsaturated/α-hetero) is 1. The quantitative estimate of drug-likeness (QED) is 0.288. The molecule has 1 fully saturated rings. The van der Waals surface area contributed by atoms with E-state index in [2.05, 4.69) is 42.1 Å². The summed E-state index contributed by atoms with van der Waals surface area (Å²) >= 11 is 0. The Labute approximate surface area is 212 Å². The minimum Gasteiger partial charge on any atom is -0.435 e. The Morgan fingerprint density at radius 3 is 2.73 bits per heavy atom. The molecule has 188 valence electrons. The van der Waals surface area contributed by atoms with Crippen molar-refractivity contribution in [2.24, 2.45) is 0 Å². The van der Waals surface area contributed by atoms with Gasteiger partial charge in [0.2, 0.25) is 5.88 Å². The molecule has 0 aliphatic carbocycles. The second-order valence-electron chi connectivity index (χ2n) is 8.98. The Bertz CT molecular complexity index is 1490. The number of aromatic amines is 1. The van der Waals surface area contributed by atoms with E-state index in [9.17, 15) is 10.1 Å². The van der Waals surface area contributed by atoms with Gasteiger partial charge in [0.15, 0.2) is 11.6 Å². The van der Waals surface area contributed by atoms with Crippen molar-refractivity contribution in [2.75, 3.05) is 38.5 Å². The Kier molecular flexibility index (Phi) is 6.76. The lowest BCUT2D eigenvalue weighted by Crippen LogP contribution is -2.43. The predicted octanol–water partition coefficient (Wildman–Crippen LogP) is 3.79. The normalized spacial score (nSPS) is 14.4. The molecule has 37 heavy (non-hydrogen) atoms. The number of nitriles is 1. The minimum absolute atomic E-state index is 0.0594. The van der Waals surface area contributed by atoms with Crippen molar-refractivity contribution in [3.8, 4) is 17.7 Å². The Morgan fingerprint density at radius 1 is 1.19 bits per heavy atom. The highest BCUT2D eigenvalue weighted by Crippen LogP contribution is 2.33. The molecule has 4 heterocycles. The Morgan fingerprint density at radius 2 is 2.00 bits per heavy atom. The molecule has 0 bridgehead atoms. The number of ketones is 1. The number of nitrogens with zero attached hydrogens (tertiary/aromatic N) is 6. The van der Waals surface area contributed by atoms with Crippen LogP contribution in [-0.4, -0.2) is 68.7 Å². The van der Waals surface area contributed by atoms with Gasteiger partial charge in [-0.2, -0.15) is 5.26 Å². The molecule has 0 atom stereocenters. The number of nitrogens with one attached hydrogen (secondary N) is 2. The SMILES string of the molecule is Cc1cc2c(F)c(Oc3ncnc(Nc4ccc(CN5CCN(C)CC5)nc4)c3C(=O)C#N)ccc2[nH]1. The molecule has 2 N–H and O–H groups in total. The summed E-state index contributed by atoms with van der Waals surface area (Å²) in [7, 11) is 2.11. The molecule has 0 spiro atoms. The van der Waals surface area contributed by atoms with Crippen molar-refractivity contribution in [3.63, 3.8) is 0 Å². The van der Waals surface area contributed by atoms with Crippen LogP contribution in [-0.2, 0) is 6.54 Å². The number of fused-ring (bicyclic) bond motifs is 1. The van der Waals surface area contributed by atoms with Gasteiger partial charge < -0.3 is 19.9 Å². The number of rotatable bonds is 7. The fourth-order valence-electron chi connectivity index (χ4n) is 4.24. The van der Waals surface area contributed by atoms with Gasteiger partial charge in [-0.15, -0.1) is 0 Å². The van der Waals surface area contributed by atoms with Crippen LogP contribution in [0.15, 0.2) is 42.9 Å². The number of pyridine rings is 1. The summed E-state index contributed by atoms with van der Waals surface area (Å²) in [4.78, 5) is 32.9. The zero-order chi connectivity index (χ0) is 25.9. The van der Waals surface area contributed by atoms with Crippen molar-refractivity contribution in [2.45, 2.75) is 13.5 Å². The molecular weight excluding hydrogens is 475 g/mol. The van der Waals surface area contributed by atoms with Gasteiger partial charge in [-0.25, -0.2) is 14.4 Å². The molecular formula is C26H25FN8O2. The van der Waals surface area contributed by atoms with Crippen LogP contribution in [0.3, 0.4) is 0 Å². The average Bonchev–Trinajstić information content (AvgIpc) is 3.29. The maximum atomic E-state index is 15.1. The smallest absolute Gasteiger partial charge is 0.271 e. The van der Waals surface area contributed by atoms with Gasteiger partial charge in [-0.1, -0.05) is 0 Å². The van der Waals surface area contributed by atoms with Crippen molar-refractivity contribution in [3.05, 3.63) is 65.6 Å². The van der Waals surface area contributed by atoms with Crippen LogP contribution in [0.25, 0.3) is 10.9 Å². The molecule has 0 unspecified atom stereocenters. The number of carbonyl (C=O) groups excluding carboxylic acids is 1. The summed E-state index contributed by atoms with van der Waals surface area (Å²) in [6.45, 7) is 6.58. The van der Waals surface area contributed by atoms with Gasteiger partial charge in [-0.3, -0.25) is 14.7 Å². The van der Waals surface area contributed by atoms with Crippen molar-refractivity contribution in [1.82, 2.24) is 29.7 Å². The third-order valence-electron chi connectivity index (χ3n) is 6.25. The van der Waals surface area contributed by atoms with Gasteiger partial charge in [0.25, 0.3) is 5.78 Å². The van der Waals surface area contributed by atoms with Crippen LogP contribution in [0.5, 0.6) is 11.6 Å². The molecule has 0 saturated carbocycles. The van der Waals surface area contributed by atoms with Crippen LogP contribution < -0.4 is 10.1 Å². The molecule has 1 aliphatic rings. The van der Waals surface area contributed by atoms with E-state index in [4.69, 9.17) is 4.74 Å². The highest BCUT2D eigenvalue weighted by molar-refractivity contribution is 6.12. The van der Waals surface area contributed by atoms with Crippen LogP contribution >= 0.6 is 0 Å². The minimum atomic E-state index is -0.920. The van der Waals surface area contributed by atoms with E-state index < -0.39 is 11.6 Å². The van der Waals surface area contributed by atoms with Gasteiger partial charge in [-0.05, 0) is 44.3 Å². The maximum absolute atomic E-state index is 15.1. The first kappa shape index (κ1) is 24.3. The fraction of sp³-hybridized carbons (Fsp3) is 0.269. The molecule has 1 saturated heterocycles. The van der Waals surface area contributed by atoms with Crippen molar-refractivity contribution < 1.29 is 13.9 Å². The lowest BCUT2D eigenvalue weighted by molar-refractivity contribution is 0.105. The number of H-pyrrole nitrogens is 1. The van der Waals surface area contributed by atoms with Crippen LogP contribution in [0.1, 0.15) is 21.7 Å². The van der Waals surface area contributed by atoms with E-state index in [1.165, 1.54) is 12.4 Å². The molecule has 3 aromatic heterocycles. The summed E-state index contributed by atoms with van der Waals surface area (Å²) in [6.07, 6.45) is 2.81. The molecule has 4 aromatic rings. The van der Waals surface area contributed by atoms with Gasteiger partial charge in [0, 0.05) is 49.3 Å². The van der Waals surface area contributed by atoms with Crippen molar-refractivity contribution in [1.29, 1.82) is 5.26 Å². The zero-order valence-corrected chi connectivity index (χ0v) is 20.5. The number of halogens is 1. The Balaban J connectivity index is 1.38. The fourth-order valence-corrected chi connectivity index (χ4v) is 4.24. The second-order valence-corrected chi connectivity index (χ2v) is 8.98. The van der Waals surface area contributed by atoms with Gasteiger partial charge in [0.1, 0.15) is 23.8 Å². The number of aromatic nitrogens is 4. The summed E-state index contributed by atoms with van der Waals surface area (Å²) < 4.78 is 20.8. The number of likely N-dealkylation sites (N-methyl/N-ethyl adjacent to an activating group) is 1. The first-order chi connectivity index (χ1) is 17.9. The zero-order valence-electron chi connectivity index (χ0n) is 20.5. The van der Waals surface area contributed by atoms with E-state index >= 15 is 4.39 Å². The standard InChI is InChI=1S/C26H25FN8O2/c1-16-11-19-20(32-16)5-6-22(24(19)27)37-26-23(21(36)12-28)25(30-15-31-26)33-17-3-4-18(29-13-17)14-35-9-7-34(2)8-10-35/h3-6,11,13,15,32H,7-10,14H2,1-2H3,(H,30,31,33). The maximum Gasteiger partial charge on any atom is 0.271 e. The summed E-state index contributed by atoms with van der Waals surface area (Å²) in [6, 6.07) is 10.1. The predicted molar refractivity (Wildman–Crippen MR) is 135 cm³/mol. The van der Waals surface area contributed by atoms with E-state index in [1.807, 2.05) is 19.1 Å². The van der Waals surface area contributed by atoms with E-state index in [1.54, 1.807) is 24.4 Å². The number of hydrogen-bond donors (Lipinski definition) is 2. The largest absolute Gasteiger partial charge is 0.435 e. The lowest BCUT2D eigenvalue weighted by atomic mass is 10.2. The third-order valence-corrected chi connectivity index (χ3v) is 6.25. The van der Waals surface area contributed by atoms with Crippen LogP contribution in [0, 0.1) is 24.1 Å². The monoisotopic (exact) mass is 500 g/mol. The summed E-state index contributed by atoms with van der Waals surface area (Å²) in [5, 5.41) is 12.7. The molecule has 0 amide bonds. The van der Waals surface area contributed by atoms with Crippen LogP contribution in [0.2, 0.25) is 0 Å². The second kappa shape index (κ2) is 10.3. The van der Waals surface area contributed by atoms with Gasteiger partial charge >= 0.3 is 0 Å². The van der Waals surface area contributed by atoms with E-state index in [0.717, 1.165) is 44.1 Å². The van der Waals surface area contributed by atoms with Crippen molar-refractivity contribution >= 4 is 28.2 Å². The highest BCUT2D eigenvalue weighted by atomic mass is 19.1. The number of ether oxygens (including phenoxy) is 1. The molecule has 11 heteroatoms. The number of aryl methyl sites for hydroxylation is 1. The summed E-state index contributed by atoms with van der Waals surface area (Å²) in [5.74, 6) is -1.82. The number of benzene rings is 1. The van der Waals surface area contributed by atoms with E-state index in [0.29, 0.717) is 16.6 Å². The first-order valence-electron chi connectivity index (χ1n) is 11.8. The topological polar surface area (TPSA) is 123 Å². The van der Waals surface area contributed by atoms with Gasteiger partial charge in [0.05, 0.1) is 17.6 Å². The lowest BCUT2D eigenvalue weighted by Gasteiger charge is -2.32. The summed E-state index contributed by atoms with van der Waals surface area (Å²) in [5.41, 5.74) is 2.69. The highest BCUT2D eigenvalue weighted by Gasteiger charge is 2.23. The number of anilines is 2. The molecule has 1 aliphatic heterocycles. The molecule has 0 radical (unpaired) electrons. The average molecular weight is 501 g/mol. The third kappa shape index (κ3) is 5.25. The molecule has 10 nitrogen and oxygen atoms in total. The first-order valence-corrected chi connectivity index (χ1v) is 11.8. The number of piperazine rings is 1. The number of carbonyl (C=O) groups is 1. The van der Waals surface area contributed by atoms with Crippen LogP contribution in [0.4, 0.5) is 15.9 Å². The number of hydrogen-bond acceptors (Lipinski definition) is 9. The Hall–Kier alpha value is -4.40. The molecule has 5 rings (SSSR count).